The molecule has 12 nitrogen and oxygen atoms in total. The molecule has 1 aliphatic heterocycles. The third-order valence-electron chi connectivity index (χ3n) is 5.86. The lowest BCUT2D eigenvalue weighted by Crippen LogP contribution is -2.48. The summed E-state index contributed by atoms with van der Waals surface area (Å²) in [5, 5.41) is 24.4. The minimum absolute atomic E-state index is 0.0631. The molecule has 0 unspecified atom stereocenters. The van der Waals surface area contributed by atoms with E-state index < -0.39 is 23.8 Å². The number of hydrogen-bond donors (Lipinski definition) is 5. The van der Waals surface area contributed by atoms with Crippen LogP contribution in [0.4, 0.5) is 5.82 Å². The van der Waals surface area contributed by atoms with E-state index in [9.17, 15) is 19.8 Å². The number of rotatable bonds is 7. The van der Waals surface area contributed by atoms with Gasteiger partial charge in [-0.2, -0.15) is 0 Å². The number of hydrogen-bond acceptors (Lipinski definition) is 9. The fourth-order valence-electron chi connectivity index (χ4n) is 4.19. The molecule has 0 saturated carbocycles. The van der Waals surface area contributed by atoms with E-state index in [1.807, 2.05) is 0 Å². The van der Waals surface area contributed by atoms with Gasteiger partial charge in [0.2, 0.25) is 11.8 Å². The Morgan fingerprint density at radius 1 is 1.31 bits per heavy atom. The van der Waals surface area contributed by atoms with E-state index in [1.165, 1.54) is 24.5 Å². The zero-order valence-electron chi connectivity index (χ0n) is 18.4. The second-order valence-electron chi connectivity index (χ2n) is 8.64. The number of fused-ring (bicyclic) bond motifs is 1. The molecule has 0 spiro atoms. The molecule has 32 heavy (non-hydrogen) atoms. The van der Waals surface area contributed by atoms with Crippen molar-refractivity contribution in [2.75, 3.05) is 25.4 Å². The van der Waals surface area contributed by atoms with E-state index in [4.69, 9.17) is 11.5 Å². The lowest BCUT2D eigenvalue weighted by Gasteiger charge is -2.34. The molecule has 2 amide bonds. The van der Waals surface area contributed by atoms with Gasteiger partial charge in [-0.3, -0.25) is 9.59 Å². The quantitative estimate of drug-likeness (QED) is 0.329. The number of aliphatic hydroxyl groups excluding tert-OH is 1. The van der Waals surface area contributed by atoms with Crippen molar-refractivity contribution in [3.63, 3.8) is 0 Å². The fourth-order valence-corrected chi connectivity index (χ4v) is 4.19. The molecule has 0 bridgehead atoms. The number of carbonyl (C=O) groups is 2. The monoisotopic (exact) mass is 448 g/mol. The summed E-state index contributed by atoms with van der Waals surface area (Å²) in [7, 11) is 0. The van der Waals surface area contributed by atoms with Crippen LogP contribution in [0.3, 0.4) is 0 Å². The van der Waals surface area contributed by atoms with E-state index in [2.05, 4.69) is 20.3 Å². The topological polar surface area (TPSA) is 186 Å². The smallest absolute Gasteiger partial charge is 0.239 e. The molecule has 2 aromatic heterocycles. The van der Waals surface area contributed by atoms with Crippen LogP contribution in [-0.4, -0.2) is 83.8 Å². The Bertz CT molecular complexity index is 962. The number of unbranched alkanes of at least 4 members (excludes halogenated alkanes) is 1. The van der Waals surface area contributed by atoms with Gasteiger partial charge in [-0.25, -0.2) is 15.0 Å². The van der Waals surface area contributed by atoms with E-state index in [-0.39, 0.29) is 37.1 Å². The molecule has 1 aliphatic rings. The van der Waals surface area contributed by atoms with Crippen LogP contribution in [0.1, 0.15) is 45.6 Å². The summed E-state index contributed by atoms with van der Waals surface area (Å²) >= 11 is 0. The highest BCUT2D eigenvalue weighted by Crippen LogP contribution is 2.34. The minimum Gasteiger partial charge on any atom is -0.391 e. The van der Waals surface area contributed by atoms with Gasteiger partial charge in [0.05, 0.1) is 30.1 Å². The molecular weight excluding hydrogens is 416 g/mol. The van der Waals surface area contributed by atoms with Gasteiger partial charge < -0.3 is 36.5 Å². The van der Waals surface area contributed by atoms with Crippen LogP contribution in [0.25, 0.3) is 11.2 Å². The van der Waals surface area contributed by atoms with E-state index >= 15 is 0 Å². The molecule has 176 valence electrons. The molecule has 0 aromatic carbocycles. The molecule has 3 rings (SSSR count). The van der Waals surface area contributed by atoms with E-state index in [0.29, 0.717) is 37.0 Å². The SMILES string of the molecule is CC(=O)NCCCC[C@H](N)C(=O)N1C[C@@H](O)C[C@@](C)(O)[C@H](n2cnc3c(N)ncnc32)C1. The zero-order chi connectivity index (χ0) is 23.5. The van der Waals surface area contributed by atoms with Gasteiger partial charge in [-0.15, -0.1) is 0 Å². The van der Waals surface area contributed by atoms with E-state index in [0.717, 1.165) is 0 Å². The Morgan fingerprint density at radius 3 is 2.78 bits per heavy atom. The second-order valence-corrected chi connectivity index (χ2v) is 8.64. The maximum Gasteiger partial charge on any atom is 0.239 e. The van der Waals surface area contributed by atoms with Gasteiger partial charge in [-0.05, 0) is 26.2 Å². The Balaban J connectivity index is 1.76. The number of nitrogens with one attached hydrogen (secondary N) is 1. The Labute approximate surface area is 186 Å². The number of nitrogens with two attached hydrogens (primary N) is 2. The first-order valence-electron chi connectivity index (χ1n) is 10.7. The first kappa shape index (κ1) is 23.8. The van der Waals surface area contributed by atoms with Crippen LogP contribution >= 0.6 is 0 Å². The fraction of sp³-hybridized carbons (Fsp3) is 0.650. The number of anilines is 1. The summed E-state index contributed by atoms with van der Waals surface area (Å²) in [6, 6.07) is -1.38. The average molecular weight is 449 g/mol. The van der Waals surface area contributed by atoms with Crippen LogP contribution in [0.15, 0.2) is 12.7 Å². The first-order chi connectivity index (χ1) is 15.1. The van der Waals surface area contributed by atoms with Crippen LogP contribution < -0.4 is 16.8 Å². The molecule has 0 aliphatic carbocycles. The van der Waals surface area contributed by atoms with Crippen molar-refractivity contribution >= 4 is 28.8 Å². The lowest BCUT2D eigenvalue weighted by molar-refractivity contribution is -0.134. The van der Waals surface area contributed by atoms with Gasteiger partial charge in [0.25, 0.3) is 0 Å². The molecule has 0 radical (unpaired) electrons. The average Bonchev–Trinajstić information content (AvgIpc) is 3.09. The summed E-state index contributed by atoms with van der Waals surface area (Å²) in [4.78, 5) is 38.0. The normalized spacial score (nSPS) is 24.8. The predicted molar refractivity (Wildman–Crippen MR) is 117 cm³/mol. The van der Waals surface area contributed by atoms with E-state index in [1.54, 1.807) is 11.5 Å². The third-order valence-corrected chi connectivity index (χ3v) is 5.86. The van der Waals surface area contributed by atoms with Crippen molar-refractivity contribution in [1.29, 1.82) is 0 Å². The summed E-state index contributed by atoms with van der Waals surface area (Å²) in [5.41, 5.74) is 11.5. The van der Waals surface area contributed by atoms with Crippen LogP contribution in [0.5, 0.6) is 0 Å². The number of likely N-dealkylation sites (tertiary alicyclic amines) is 1. The summed E-state index contributed by atoms with van der Waals surface area (Å²) < 4.78 is 1.67. The van der Waals surface area contributed by atoms with Gasteiger partial charge in [0.15, 0.2) is 11.5 Å². The Kier molecular flexibility index (Phi) is 7.26. The standard InChI is InChI=1S/C20H32N8O4/c1-12(29)23-6-4-3-5-14(21)19(31)27-8-13(30)7-20(2,32)15(9-27)28-11-26-16-17(22)24-10-25-18(16)28/h10-11,13-15,30,32H,3-9,21H2,1-2H3,(H,23,29)(H2,22,24,25)/t13-,14-,15+,20+/m0/s1. The number of aliphatic hydroxyl groups is 2. The zero-order valence-corrected chi connectivity index (χ0v) is 18.4. The van der Waals surface area contributed by atoms with Crippen LogP contribution in [-0.2, 0) is 9.59 Å². The number of carbonyl (C=O) groups excluding carboxylic acids is 2. The lowest BCUT2D eigenvalue weighted by atomic mass is 9.91. The highest BCUT2D eigenvalue weighted by molar-refractivity contribution is 5.82. The summed E-state index contributed by atoms with van der Waals surface area (Å²) in [6.07, 6.45) is 3.81. The van der Waals surface area contributed by atoms with Crippen LogP contribution in [0.2, 0.25) is 0 Å². The number of amides is 2. The molecule has 3 heterocycles. The number of β-amino-alcohol motifs (C(OH)–C–C–N with tert-alkyl or cyclic N) is 1. The van der Waals surface area contributed by atoms with Crippen molar-refractivity contribution in [1.82, 2.24) is 29.7 Å². The molecule has 12 heteroatoms. The number of nitrogens with zero attached hydrogens (tertiary/aromatic N) is 5. The molecule has 4 atom stereocenters. The molecule has 1 fully saturated rings. The van der Waals surface area contributed by atoms with Crippen molar-refractivity contribution in [3.8, 4) is 0 Å². The van der Waals surface area contributed by atoms with Gasteiger partial charge in [-0.1, -0.05) is 0 Å². The summed E-state index contributed by atoms with van der Waals surface area (Å²) in [6.45, 7) is 3.79. The maximum absolute atomic E-state index is 13.1. The first-order valence-corrected chi connectivity index (χ1v) is 10.7. The maximum atomic E-state index is 13.1. The Hall–Kier alpha value is -2.83. The molecule has 2 aromatic rings. The van der Waals surface area contributed by atoms with Gasteiger partial charge in [0.1, 0.15) is 11.8 Å². The van der Waals surface area contributed by atoms with Gasteiger partial charge in [0, 0.05) is 33.0 Å². The highest BCUT2D eigenvalue weighted by atomic mass is 16.3. The van der Waals surface area contributed by atoms with Crippen molar-refractivity contribution in [2.24, 2.45) is 5.73 Å². The van der Waals surface area contributed by atoms with Crippen molar-refractivity contribution in [2.45, 2.75) is 63.3 Å². The highest BCUT2D eigenvalue weighted by Gasteiger charge is 2.42. The second kappa shape index (κ2) is 9.76. The molecular formula is C20H32N8O4. The van der Waals surface area contributed by atoms with Crippen LogP contribution in [0, 0.1) is 0 Å². The Morgan fingerprint density at radius 2 is 2.06 bits per heavy atom. The molecule has 1 saturated heterocycles. The van der Waals surface area contributed by atoms with Crippen molar-refractivity contribution < 1.29 is 19.8 Å². The van der Waals surface area contributed by atoms with Gasteiger partial charge >= 0.3 is 0 Å². The third kappa shape index (κ3) is 5.31. The summed E-state index contributed by atoms with van der Waals surface area (Å²) in [5.74, 6) is -0.179. The number of aromatic nitrogens is 4. The largest absolute Gasteiger partial charge is 0.391 e. The number of nitrogen functional groups attached to an aromatic ring is 1. The minimum atomic E-state index is -1.34. The predicted octanol–water partition coefficient (Wildman–Crippen LogP) is -1.07. The number of imidazole rings is 1. The molecule has 7 N–H and O–H groups in total. The van der Waals surface area contributed by atoms with Crippen molar-refractivity contribution in [3.05, 3.63) is 12.7 Å².